The summed E-state index contributed by atoms with van der Waals surface area (Å²) in [5.41, 5.74) is 1.34. The molecule has 10 heteroatoms. The van der Waals surface area contributed by atoms with Gasteiger partial charge >= 0.3 is 0 Å². The molecule has 0 bridgehead atoms. The highest BCUT2D eigenvalue weighted by molar-refractivity contribution is 5.74. The van der Waals surface area contributed by atoms with Gasteiger partial charge in [0.2, 0.25) is 0 Å². The predicted octanol–water partition coefficient (Wildman–Crippen LogP) is 1.35. The second-order valence-electron chi connectivity index (χ2n) is 5.52. The van der Waals surface area contributed by atoms with Crippen LogP contribution in [0.5, 0.6) is 0 Å². The fraction of sp³-hybridized carbons (Fsp3) is 0.133. The number of pyridine rings is 1. The summed E-state index contributed by atoms with van der Waals surface area (Å²) < 4.78 is 2.85. The predicted molar refractivity (Wildman–Crippen MR) is 87.8 cm³/mol. The van der Waals surface area contributed by atoms with Crippen molar-refractivity contribution in [2.24, 2.45) is 0 Å². The molecule has 25 heavy (non-hydrogen) atoms. The van der Waals surface area contributed by atoms with Crippen LogP contribution in [-0.2, 0) is 0 Å². The topological polar surface area (TPSA) is 121 Å². The number of benzene rings is 1. The molecule has 124 valence electrons. The zero-order valence-electron chi connectivity index (χ0n) is 13.2. The Morgan fingerprint density at radius 2 is 1.96 bits per heavy atom. The average molecular weight is 337 g/mol. The first-order chi connectivity index (χ1) is 12.0. The Bertz CT molecular complexity index is 1230. The van der Waals surface area contributed by atoms with E-state index in [1.165, 1.54) is 27.3 Å². The molecule has 4 aromatic rings. The van der Waals surface area contributed by atoms with E-state index in [9.17, 15) is 14.9 Å². The van der Waals surface area contributed by atoms with Gasteiger partial charge in [-0.2, -0.15) is 9.50 Å². The van der Waals surface area contributed by atoms with Crippen LogP contribution in [-0.4, -0.2) is 34.3 Å². The van der Waals surface area contributed by atoms with Gasteiger partial charge in [-0.1, -0.05) is 0 Å². The number of rotatable bonds is 2. The van der Waals surface area contributed by atoms with Crippen LogP contribution >= 0.6 is 0 Å². The lowest BCUT2D eigenvalue weighted by molar-refractivity contribution is -0.384. The van der Waals surface area contributed by atoms with Gasteiger partial charge in [0.1, 0.15) is 11.3 Å². The zero-order chi connectivity index (χ0) is 17.7. The molecule has 0 radical (unpaired) electrons. The quantitative estimate of drug-likeness (QED) is 0.400. The Morgan fingerprint density at radius 3 is 2.68 bits per heavy atom. The maximum absolute atomic E-state index is 12.8. The number of fused-ring (bicyclic) bond motifs is 3. The summed E-state index contributed by atoms with van der Waals surface area (Å²) in [5, 5.41) is 23.0. The maximum Gasteiger partial charge on any atom is 0.285 e. The molecule has 0 unspecified atom stereocenters. The minimum Gasteiger partial charge on any atom is -0.282 e. The van der Waals surface area contributed by atoms with Gasteiger partial charge in [0.05, 0.1) is 10.6 Å². The summed E-state index contributed by atoms with van der Waals surface area (Å²) in [7, 11) is 0. The molecule has 3 heterocycles. The van der Waals surface area contributed by atoms with E-state index < -0.39 is 10.5 Å². The second kappa shape index (κ2) is 5.16. The van der Waals surface area contributed by atoms with Crippen molar-refractivity contribution < 1.29 is 4.92 Å². The van der Waals surface area contributed by atoms with E-state index >= 15 is 0 Å². The van der Waals surface area contributed by atoms with Gasteiger partial charge in [0, 0.05) is 18.3 Å². The molecule has 0 spiro atoms. The van der Waals surface area contributed by atoms with Crippen LogP contribution in [0.2, 0.25) is 0 Å². The zero-order valence-corrected chi connectivity index (χ0v) is 13.2. The molecule has 1 aromatic carbocycles. The first kappa shape index (κ1) is 14.9. The summed E-state index contributed by atoms with van der Waals surface area (Å²) in [4.78, 5) is 27.3. The van der Waals surface area contributed by atoms with Crippen molar-refractivity contribution in [2.75, 3.05) is 0 Å². The molecule has 0 atom stereocenters. The van der Waals surface area contributed by atoms with Gasteiger partial charge < -0.3 is 0 Å². The normalized spacial score (nSPS) is 11.3. The molecule has 0 saturated carbocycles. The van der Waals surface area contributed by atoms with E-state index in [4.69, 9.17) is 0 Å². The fourth-order valence-corrected chi connectivity index (χ4v) is 2.72. The first-order valence-electron chi connectivity index (χ1n) is 7.32. The molecular weight excluding hydrogens is 326 g/mol. The van der Waals surface area contributed by atoms with Crippen molar-refractivity contribution in [2.45, 2.75) is 13.8 Å². The van der Waals surface area contributed by atoms with E-state index in [1.807, 2.05) is 0 Å². The number of hydrogen-bond donors (Lipinski definition) is 0. The number of nitro groups is 1. The smallest absolute Gasteiger partial charge is 0.282 e. The van der Waals surface area contributed by atoms with Crippen molar-refractivity contribution >= 4 is 22.5 Å². The third-order valence-electron chi connectivity index (χ3n) is 3.86. The standard InChI is InChI=1S/C15H11N7O3/c1-8-7-10(22(24)25)3-4-11(8)20-6-5-12-13(14(20)23)17-18-15-16-9(2)19-21(12)15/h3-7H,1-2H3. The van der Waals surface area contributed by atoms with Crippen molar-refractivity contribution in [1.82, 2.24) is 29.4 Å². The van der Waals surface area contributed by atoms with Gasteiger partial charge in [0.25, 0.3) is 17.0 Å². The second-order valence-corrected chi connectivity index (χ2v) is 5.52. The Hall–Kier alpha value is -3.69. The van der Waals surface area contributed by atoms with Crippen LogP contribution in [0.3, 0.4) is 0 Å². The monoisotopic (exact) mass is 337 g/mol. The van der Waals surface area contributed by atoms with Gasteiger partial charge in [-0.15, -0.1) is 15.3 Å². The van der Waals surface area contributed by atoms with Crippen LogP contribution in [0.4, 0.5) is 5.69 Å². The van der Waals surface area contributed by atoms with Crippen molar-refractivity contribution in [3.8, 4) is 5.69 Å². The highest BCUT2D eigenvalue weighted by atomic mass is 16.6. The van der Waals surface area contributed by atoms with Crippen LogP contribution in [0.15, 0.2) is 35.3 Å². The van der Waals surface area contributed by atoms with Gasteiger partial charge in [0.15, 0.2) is 5.52 Å². The maximum atomic E-state index is 12.8. The Morgan fingerprint density at radius 1 is 1.16 bits per heavy atom. The molecule has 3 aromatic heterocycles. The summed E-state index contributed by atoms with van der Waals surface area (Å²) in [6.07, 6.45) is 1.58. The number of aromatic nitrogens is 6. The summed E-state index contributed by atoms with van der Waals surface area (Å²) in [6.45, 7) is 3.43. The van der Waals surface area contributed by atoms with Crippen molar-refractivity contribution in [3.63, 3.8) is 0 Å². The highest BCUT2D eigenvalue weighted by Gasteiger charge is 2.14. The summed E-state index contributed by atoms with van der Waals surface area (Å²) in [5.74, 6) is 0.839. The molecule has 0 aliphatic rings. The lowest BCUT2D eigenvalue weighted by atomic mass is 10.1. The SMILES string of the molecule is Cc1nc2nnc3c(=O)n(-c4ccc([N+](=O)[O-])cc4C)ccc3n2n1. The van der Waals surface area contributed by atoms with Crippen LogP contribution < -0.4 is 5.56 Å². The van der Waals surface area contributed by atoms with E-state index in [0.29, 0.717) is 28.4 Å². The van der Waals surface area contributed by atoms with Crippen molar-refractivity contribution in [1.29, 1.82) is 0 Å². The number of nitrogens with zero attached hydrogens (tertiary/aromatic N) is 7. The minimum absolute atomic E-state index is 0.0327. The average Bonchev–Trinajstić information content (AvgIpc) is 2.96. The third kappa shape index (κ3) is 2.23. The van der Waals surface area contributed by atoms with E-state index in [-0.39, 0.29) is 11.2 Å². The molecule has 0 saturated heterocycles. The van der Waals surface area contributed by atoms with E-state index in [0.717, 1.165) is 0 Å². The van der Waals surface area contributed by atoms with Gasteiger partial charge in [-0.05, 0) is 31.5 Å². The minimum atomic E-state index is -0.477. The molecule has 0 aliphatic carbocycles. The molecule has 0 N–H and O–H groups in total. The molecule has 10 nitrogen and oxygen atoms in total. The summed E-state index contributed by atoms with van der Waals surface area (Å²) >= 11 is 0. The third-order valence-corrected chi connectivity index (χ3v) is 3.86. The van der Waals surface area contributed by atoms with E-state index in [2.05, 4.69) is 20.3 Å². The number of non-ortho nitro benzene ring substituents is 1. The number of nitro benzene ring substituents is 1. The van der Waals surface area contributed by atoms with Crippen LogP contribution in [0, 0.1) is 24.0 Å². The molecule has 0 amide bonds. The number of aryl methyl sites for hydroxylation is 2. The lowest BCUT2D eigenvalue weighted by Crippen LogP contribution is -2.21. The highest BCUT2D eigenvalue weighted by Crippen LogP contribution is 2.20. The van der Waals surface area contributed by atoms with Crippen LogP contribution in [0.1, 0.15) is 11.4 Å². The first-order valence-corrected chi connectivity index (χ1v) is 7.32. The molecule has 0 aliphatic heterocycles. The Kier molecular flexibility index (Phi) is 3.07. The van der Waals surface area contributed by atoms with Crippen LogP contribution in [0.25, 0.3) is 22.5 Å². The van der Waals surface area contributed by atoms with E-state index in [1.54, 1.807) is 26.1 Å². The molecule has 4 rings (SSSR count). The number of hydrogen-bond acceptors (Lipinski definition) is 7. The van der Waals surface area contributed by atoms with Crippen molar-refractivity contribution in [3.05, 3.63) is 62.3 Å². The lowest BCUT2D eigenvalue weighted by Gasteiger charge is -2.09. The van der Waals surface area contributed by atoms with Gasteiger partial charge in [-0.25, -0.2) is 0 Å². The molecule has 0 fully saturated rings. The fourth-order valence-electron chi connectivity index (χ4n) is 2.72. The Labute approximate surface area is 139 Å². The Balaban J connectivity index is 1.98. The molecular formula is C15H11N7O3. The largest absolute Gasteiger partial charge is 0.285 e. The van der Waals surface area contributed by atoms with Gasteiger partial charge in [-0.3, -0.25) is 19.5 Å². The summed E-state index contributed by atoms with van der Waals surface area (Å²) in [6, 6.07) is 6.00.